The molecule has 5 rings (SSSR count). The van der Waals surface area contributed by atoms with Crippen LogP contribution in [0.4, 0.5) is 4.39 Å². The van der Waals surface area contributed by atoms with Crippen LogP contribution in [0.1, 0.15) is 21.5 Å². The number of aromatic nitrogens is 1. The van der Waals surface area contributed by atoms with Crippen LogP contribution < -0.4 is 14.2 Å². The van der Waals surface area contributed by atoms with E-state index in [0.717, 1.165) is 5.56 Å². The SMILES string of the molecule is COc1cc2nccc(Oc3ccc(CC(=O)CN4Cc5ccccc5C4=O)cc3F)c2cc1OC. The minimum absolute atomic E-state index is 0.00645. The lowest BCUT2D eigenvalue weighted by atomic mass is 10.1. The second-order valence-corrected chi connectivity index (χ2v) is 8.43. The quantitative estimate of drug-likeness (QED) is 0.351. The molecule has 0 bridgehead atoms. The summed E-state index contributed by atoms with van der Waals surface area (Å²) in [5.74, 6) is 0.495. The molecule has 0 saturated carbocycles. The van der Waals surface area contributed by atoms with Crippen molar-refractivity contribution in [2.75, 3.05) is 20.8 Å². The predicted octanol–water partition coefficient (Wildman–Crippen LogP) is 4.95. The van der Waals surface area contributed by atoms with Crippen LogP contribution in [0.25, 0.3) is 10.9 Å². The molecule has 0 saturated heterocycles. The number of rotatable bonds is 8. The molecule has 7 nitrogen and oxygen atoms in total. The summed E-state index contributed by atoms with van der Waals surface area (Å²) in [6.45, 7) is 0.375. The number of carbonyl (C=O) groups excluding carboxylic acids is 2. The molecule has 0 aliphatic carbocycles. The highest BCUT2D eigenvalue weighted by molar-refractivity contribution is 6.00. The maximum atomic E-state index is 14.9. The molecule has 1 aliphatic rings. The summed E-state index contributed by atoms with van der Waals surface area (Å²) in [5.41, 5.74) is 2.63. The molecule has 1 amide bonds. The molecular weight excluding hydrogens is 463 g/mol. The smallest absolute Gasteiger partial charge is 0.254 e. The Morgan fingerprint density at radius 3 is 2.50 bits per heavy atom. The average molecular weight is 486 g/mol. The van der Waals surface area contributed by atoms with E-state index >= 15 is 0 Å². The van der Waals surface area contributed by atoms with Gasteiger partial charge in [0.05, 0.1) is 26.3 Å². The lowest BCUT2D eigenvalue weighted by Gasteiger charge is -2.15. The third kappa shape index (κ3) is 4.45. The highest BCUT2D eigenvalue weighted by atomic mass is 19.1. The number of ether oxygens (including phenoxy) is 3. The van der Waals surface area contributed by atoms with Gasteiger partial charge in [-0.3, -0.25) is 14.6 Å². The number of benzene rings is 3. The summed E-state index contributed by atoms with van der Waals surface area (Å²) >= 11 is 0. The summed E-state index contributed by atoms with van der Waals surface area (Å²) < 4.78 is 31.5. The van der Waals surface area contributed by atoms with E-state index in [1.807, 2.05) is 12.1 Å². The summed E-state index contributed by atoms with van der Waals surface area (Å²) in [6, 6.07) is 16.8. The van der Waals surface area contributed by atoms with Crippen LogP contribution in [-0.4, -0.2) is 42.3 Å². The van der Waals surface area contributed by atoms with E-state index in [9.17, 15) is 14.0 Å². The molecule has 4 aromatic rings. The highest BCUT2D eigenvalue weighted by Gasteiger charge is 2.28. The largest absolute Gasteiger partial charge is 0.493 e. The Morgan fingerprint density at radius 1 is 0.972 bits per heavy atom. The molecule has 1 aliphatic heterocycles. The van der Waals surface area contributed by atoms with E-state index in [0.29, 0.717) is 45.8 Å². The van der Waals surface area contributed by atoms with Crippen LogP contribution >= 0.6 is 0 Å². The Hall–Kier alpha value is -4.46. The van der Waals surface area contributed by atoms with Gasteiger partial charge in [0.15, 0.2) is 28.8 Å². The number of amides is 1. The zero-order valence-corrected chi connectivity index (χ0v) is 19.8. The van der Waals surface area contributed by atoms with Gasteiger partial charge >= 0.3 is 0 Å². The Bertz CT molecular complexity index is 1490. The fourth-order valence-corrected chi connectivity index (χ4v) is 4.33. The lowest BCUT2D eigenvalue weighted by molar-refractivity contribution is -0.119. The fraction of sp³-hybridized carbons (Fsp3) is 0.179. The number of Topliss-reactive ketones (excluding diaryl/α,β-unsaturated/α-hetero) is 1. The number of hydrogen-bond acceptors (Lipinski definition) is 6. The van der Waals surface area contributed by atoms with Crippen molar-refractivity contribution in [3.63, 3.8) is 0 Å². The third-order valence-electron chi connectivity index (χ3n) is 6.09. The molecule has 36 heavy (non-hydrogen) atoms. The van der Waals surface area contributed by atoms with E-state index in [1.54, 1.807) is 42.6 Å². The van der Waals surface area contributed by atoms with Crippen molar-refractivity contribution >= 4 is 22.6 Å². The second-order valence-electron chi connectivity index (χ2n) is 8.43. The van der Waals surface area contributed by atoms with Gasteiger partial charge in [0.25, 0.3) is 5.91 Å². The van der Waals surface area contributed by atoms with Crippen LogP contribution in [-0.2, 0) is 17.8 Å². The number of hydrogen-bond donors (Lipinski definition) is 0. The minimum atomic E-state index is -0.601. The molecule has 2 heterocycles. The molecule has 3 aromatic carbocycles. The number of carbonyl (C=O) groups is 2. The van der Waals surface area contributed by atoms with Gasteiger partial charge in [-0.05, 0) is 41.5 Å². The summed E-state index contributed by atoms with van der Waals surface area (Å²) in [5, 5.41) is 0.630. The summed E-state index contributed by atoms with van der Waals surface area (Å²) in [4.78, 5) is 31.0. The molecule has 182 valence electrons. The number of halogens is 1. The van der Waals surface area contributed by atoms with Crippen LogP contribution in [0.3, 0.4) is 0 Å². The first-order valence-electron chi connectivity index (χ1n) is 11.3. The zero-order valence-electron chi connectivity index (χ0n) is 19.8. The Morgan fingerprint density at radius 2 is 1.75 bits per heavy atom. The van der Waals surface area contributed by atoms with Crippen LogP contribution in [0.5, 0.6) is 23.0 Å². The van der Waals surface area contributed by atoms with Crippen molar-refractivity contribution in [1.82, 2.24) is 9.88 Å². The van der Waals surface area contributed by atoms with Crippen LogP contribution in [0.2, 0.25) is 0 Å². The molecule has 0 spiro atoms. The van der Waals surface area contributed by atoms with Crippen molar-refractivity contribution in [2.45, 2.75) is 13.0 Å². The number of fused-ring (bicyclic) bond motifs is 2. The number of ketones is 1. The molecule has 0 N–H and O–H groups in total. The zero-order chi connectivity index (χ0) is 25.2. The molecule has 0 atom stereocenters. The first-order valence-corrected chi connectivity index (χ1v) is 11.3. The van der Waals surface area contributed by atoms with Crippen LogP contribution in [0.15, 0.2) is 66.9 Å². The Kier molecular flexibility index (Phi) is 6.25. The van der Waals surface area contributed by atoms with E-state index in [-0.39, 0.29) is 30.4 Å². The van der Waals surface area contributed by atoms with Gasteiger partial charge in [0, 0.05) is 36.2 Å². The van der Waals surface area contributed by atoms with Crippen molar-refractivity contribution < 1.29 is 28.2 Å². The Balaban J connectivity index is 1.29. The van der Waals surface area contributed by atoms with Crippen LogP contribution in [0, 0.1) is 5.82 Å². The molecule has 1 aromatic heterocycles. The summed E-state index contributed by atoms with van der Waals surface area (Å²) in [7, 11) is 3.06. The van der Waals surface area contributed by atoms with Gasteiger partial charge in [0.1, 0.15) is 5.75 Å². The van der Waals surface area contributed by atoms with Crippen molar-refractivity contribution in [3.8, 4) is 23.0 Å². The second kappa shape index (κ2) is 9.65. The monoisotopic (exact) mass is 486 g/mol. The highest BCUT2D eigenvalue weighted by Crippen LogP contribution is 2.37. The normalized spacial score (nSPS) is 12.5. The van der Waals surface area contributed by atoms with Gasteiger partial charge in [-0.15, -0.1) is 0 Å². The molecule has 0 unspecified atom stereocenters. The topological polar surface area (TPSA) is 78.0 Å². The van der Waals surface area contributed by atoms with E-state index in [2.05, 4.69) is 4.98 Å². The van der Waals surface area contributed by atoms with Gasteiger partial charge < -0.3 is 19.1 Å². The van der Waals surface area contributed by atoms with Gasteiger partial charge in [0.2, 0.25) is 0 Å². The maximum Gasteiger partial charge on any atom is 0.254 e. The third-order valence-corrected chi connectivity index (χ3v) is 6.09. The first kappa shape index (κ1) is 23.3. The number of methoxy groups -OCH3 is 2. The average Bonchev–Trinajstić information content (AvgIpc) is 3.19. The minimum Gasteiger partial charge on any atom is -0.493 e. The van der Waals surface area contributed by atoms with E-state index in [4.69, 9.17) is 14.2 Å². The summed E-state index contributed by atoms with van der Waals surface area (Å²) in [6.07, 6.45) is 1.57. The Labute approximate surface area is 207 Å². The van der Waals surface area contributed by atoms with Gasteiger partial charge in [-0.25, -0.2) is 4.39 Å². The maximum absolute atomic E-state index is 14.9. The number of pyridine rings is 1. The van der Waals surface area contributed by atoms with E-state index in [1.165, 1.54) is 31.3 Å². The van der Waals surface area contributed by atoms with E-state index < -0.39 is 5.82 Å². The standard InChI is InChI=1S/C28H23FN2O5/c1-34-26-13-21-23(14-27(26)35-2)30-10-9-24(21)36-25-8-7-17(12-22(25)29)11-19(32)16-31-15-18-5-3-4-6-20(18)28(31)33/h3-10,12-14H,11,15-16H2,1-2H3. The first-order chi connectivity index (χ1) is 17.5. The molecular formula is C28H23FN2O5. The number of nitrogens with zero attached hydrogens (tertiary/aromatic N) is 2. The molecule has 8 heteroatoms. The molecule has 0 fully saturated rings. The van der Waals surface area contributed by atoms with Gasteiger partial charge in [-0.2, -0.15) is 0 Å². The van der Waals surface area contributed by atoms with Crippen molar-refractivity contribution in [3.05, 3.63) is 89.4 Å². The predicted molar refractivity (Wildman–Crippen MR) is 131 cm³/mol. The van der Waals surface area contributed by atoms with Crippen molar-refractivity contribution in [2.24, 2.45) is 0 Å². The van der Waals surface area contributed by atoms with Crippen molar-refractivity contribution in [1.29, 1.82) is 0 Å². The molecule has 0 radical (unpaired) electrons. The van der Waals surface area contributed by atoms with Gasteiger partial charge in [-0.1, -0.05) is 24.3 Å². The lowest BCUT2D eigenvalue weighted by Crippen LogP contribution is -2.31. The fourth-order valence-electron chi connectivity index (χ4n) is 4.33.